The summed E-state index contributed by atoms with van der Waals surface area (Å²) >= 11 is 0. The average Bonchev–Trinajstić information content (AvgIpc) is 2.01. The van der Waals surface area contributed by atoms with Gasteiger partial charge < -0.3 is 10.6 Å². The van der Waals surface area contributed by atoms with Gasteiger partial charge in [-0.3, -0.25) is 9.59 Å². The van der Waals surface area contributed by atoms with E-state index in [0.717, 1.165) is 0 Å². The average molecular weight is 194 g/mol. The summed E-state index contributed by atoms with van der Waals surface area (Å²) in [7, 11) is 0. The molecule has 0 saturated heterocycles. The summed E-state index contributed by atoms with van der Waals surface area (Å²) in [6.45, 7) is 0. The van der Waals surface area contributed by atoms with Crippen molar-refractivity contribution in [2.75, 3.05) is 0 Å². The van der Waals surface area contributed by atoms with Crippen molar-refractivity contribution in [3.05, 3.63) is 11.8 Å². The first-order valence-electron chi connectivity index (χ1n) is 3.24. The van der Waals surface area contributed by atoms with Crippen molar-refractivity contribution in [1.29, 1.82) is 0 Å². The summed E-state index contributed by atoms with van der Waals surface area (Å²) in [6.07, 6.45) is -5.41. The van der Waals surface area contributed by atoms with E-state index in [1.54, 1.807) is 0 Å². The summed E-state index contributed by atoms with van der Waals surface area (Å²) in [5, 5.41) is 3.78. The number of amides is 1. The smallest absolute Gasteiger partial charge is 0.355 e. The second-order valence-electron chi connectivity index (χ2n) is 2.32. The Hall–Kier alpha value is -1.53. The van der Waals surface area contributed by atoms with Crippen molar-refractivity contribution in [1.82, 2.24) is 10.6 Å². The van der Waals surface area contributed by atoms with E-state index in [4.69, 9.17) is 0 Å². The first-order valence-corrected chi connectivity index (χ1v) is 3.24. The van der Waals surface area contributed by atoms with Crippen LogP contribution in [0.25, 0.3) is 0 Å². The predicted molar refractivity (Wildman–Crippen MR) is 35.3 cm³/mol. The third kappa shape index (κ3) is 2.20. The van der Waals surface area contributed by atoms with Gasteiger partial charge in [0.2, 0.25) is 5.91 Å². The summed E-state index contributed by atoms with van der Waals surface area (Å²) in [4.78, 5) is 20.7. The third-order valence-electron chi connectivity index (χ3n) is 1.33. The van der Waals surface area contributed by atoms with Gasteiger partial charge in [0.1, 0.15) is 5.70 Å². The number of carbonyl (C=O) groups is 2. The number of carbonyl (C=O) groups excluding carboxylic acids is 2. The fourth-order valence-corrected chi connectivity index (χ4v) is 0.803. The molecule has 0 bridgehead atoms. The molecule has 1 atom stereocenters. The highest BCUT2D eigenvalue weighted by Gasteiger charge is 2.37. The lowest BCUT2D eigenvalue weighted by Crippen LogP contribution is -2.52. The second kappa shape index (κ2) is 3.08. The first-order chi connectivity index (χ1) is 5.93. The molecule has 2 N–H and O–H groups in total. The van der Waals surface area contributed by atoms with Crippen LogP contribution < -0.4 is 10.6 Å². The highest BCUT2D eigenvalue weighted by Crippen LogP contribution is 2.24. The molecule has 13 heavy (non-hydrogen) atoms. The quantitative estimate of drug-likeness (QED) is 0.562. The maximum atomic E-state index is 12.0. The van der Waals surface area contributed by atoms with Gasteiger partial charge in [-0.05, 0) is 0 Å². The summed E-state index contributed by atoms with van der Waals surface area (Å²) in [6, 6.07) is 0. The first kappa shape index (κ1) is 9.56. The van der Waals surface area contributed by atoms with Crippen LogP contribution in [0.1, 0.15) is 0 Å². The minimum Gasteiger partial charge on any atom is -0.355 e. The van der Waals surface area contributed by atoms with Crippen LogP contribution >= 0.6 is 0 Å². The Balaban J connectivity index is 2.87. The van der Waals surface area contributed by atoms with E-state index in [9.17, 15) is 22.8 Å². The van der Waals surface area contributed by atoms with Gasteiger partial charge >= 0.3 is 6.18 Å². The highest BCUT2D eigenvalue weighted by atomic mass is 19.4. The van der Waals surface area contributed by atoms with E-state index < -0.39 is 23.9 Å². The molecule has 0 radical (unpaired) electrons. The molecule has 1 aliphatic rings. The van der Waals surface area contributed by atoms with Crippen LogP contribution in [0.15, 0.2) is 11.8 Å². The number of allylic oxidation sites excluding steroid dienone is 1. The molecule has 0 aromatic rings. The lowest BCUT2D eigenvalue weighted by molar-refractivity contribution is -0.125. The Morgan fingerprint density at radius 1 is 1.38 bits per heavy atom. The topological polar surface area (TPSA) is 58.2 Å². The van der Waals surface area contributed by atoms with E-state index in [0.29, 0.717) is 6.08 Å². The zero-order chi connectivity index (χ0) is 10.1. The van der Waals surface area contributed by atoms with Gasteiger partial charge in [0.15, 0.2) is 12.5 Å². The van der Waals surface area contributed by atoms with E-state index >= 15 is 0 Å². The fourth-order valence-electron chi connectivity index (χ4n) is 0.803. The van der Waals surface area contributed by atoms with Crippen molar-refractivity contribution >= 4 is 12.2 Å². The largest absolute Gasteiger partial charge is 0.431 e. The number of nitrogens with one attached hydrogen (secondary N) is 2. The molecule has 0 aliphatic carbocycles. The van der Waals surface area contributed by atoms with E-state index in [1.807, 2.05) is 10.6 Å². The standard InChI is InChI=1S/C6H5F3N2O2/c7-6(8,9)3-1-5(13)11-4(2-12)10-3/h1-2,4,10H,(H,11,13). The normalized spacial score (nSPS) is 22.8. The number of alkyl halides is 3. The zero-order valence-electron chi connectivity index (χ0n) is 6.18. The third-order valence-corrected chi connectivity index (χ3v) is 1.33. The Morgan fingerprint density at radius 3 is 2.46 bits per heavy atom. The van der Waals surface area contributed by atoms with E-state index in [1.165, 1.54) is 0 Å². The van der Waals surface area contributed by atoms with Gasteiger partial charge in [-0.1, -0.05) is 0 Å². The minimum absolute atomic E-state index is 0.177. The molecule has 1 heterocycles. The van der Waals surface area contributed by atoms with Gasteiger partial charge in [0.25, 0.3) is 0 Å². The molecule has 4 nitrogen and oxygen atoms in total. The monoisotopic (exact) mass is 194 g/mol. The molecule has 7 heteroatoms. The van der Waals surface area contributed by atoms with Crippen LogP contribution in [-0.4, -0.2) is 24.5 Å². The lowest BCUT2D eigenvalue weighted by atomic mass is 10.3. The molecular formula is C6H5F3N2O2. The van der Waals surface area contributed by atoms with Crippen LogP contribution in [-0.2, 0) is 9.59 Å². The Morgan fingerprint density at radius 2 is 2.00 bits per heavy atom. The summed E-state index contributed by atoms with van der Waals surface area (Å²) < 4.78 is 36.0. The number of hydrogen-bond acceptors (Lipinski definition) is 3. The van der Waals surface area contributed by atoms with Gasteiger partial charge in [-0.15, -0.1) is 0 Å². The molecule has 72 valence electrons. The molecule has 0 spiro atoms. The van der Waals surface area contributed by atoms with Crippen molar-refractivity contribution in [2.24, 2.45) is 0 Å². The second-order valence-corrected chi connectivity index (χ2v) is 2.32. The van der Waals surface area contributed by atoms with E-state index in [2.05, 4.69) is 0 Å². The molecule has 0 aromatic heterocycles. The highest BCUT2D eigenvalue weighted by molar-refractivity contribution is 5.91. The van der Waals surface area contributed by atoms with Crippen LogP contribution in [0, 0.1) is 0 Å². The van der Waals surface area contributed by atoms with Crippen LogP contribution in [0.3, 0.4) is 0 Å². The maximum Gasteiger partial charge on any atom is 0.431 e. The SMILES string of the molecule is O=CC1NC(=O)C=C(C(F)(F)F)N1. The van der Waals surface area contributed by atoms with Crippen LogP contribution in [0.5, 0.6) is 0 Å². The Bertz CT molecular complexity index is 272. The van der Waals surface area contributed by atoms with Crippen molar-refractivity contribution < 1.29 is 22.8 Å². The minimum atomic E-state index is -4.64. The van der Waals surface area contributed by atoms with Gasteiger partial charge in [0, 0.05) is 6.08 Å². The summed E-state index contributed by atoms with van der Waals surface area (Å²) in [5.41, 5.74) is -1.21. The van der Waals surface area contributed by atoms with Crippen molar-refractivity contribution in [3.8, 4) is 0 Å². The molecule has 0 saturated carbocycles. The molecular weight excluding hydrogens is 189 g/mol. The van der Waals surface area contributed by atoms with Crippen LogP contribution in [0.2, 0.25) is 0 Å². The Kier molecular flexibility index (Phi) is 2.26. The van der Waals surface area contributed by atoms with Crippen molar-refractivity contribution in [3.63, 3.8) is 0 Å². The maximum absolute atomic E-state index is 12.0. The number of hydrogen-bond donors (Lipinski definition) is 2. The Labute approximate surface area is 70.8 Å². The van der Waals surface area contributed by atoms with Gasteiger partial charge in [-0.2, -0.15) is 13.2 Å². The zero-order valence-corrected chi connectivity index (χ0v) is 6.18. The molecule has 0 fully saturated rings. The molecule has 0 aromatic carbocycles. The molecule has 1 rings (SSSR count). The van der Waals surface area contributed by atoms with Gasteiger partial charge in [0.05, 0.1) is 0 Å². The number of rotatable bonds is 1. The molecule has 1 aliphatic heterocycles. The van der Waals surface area contributed by atoms with Crippen molar-refractivity contribution in [2.45, 2.75) is 12.3 Å². The van der Waals surface area contributed by atoms with Crippen LogP contribution in [0.4, 0.5) is 13.2 Å². The number of aldehydes is 1. The number of halogens is 3. The lowest BCUT2D eigenvalue weighted by Gasteiger charge is -2.23. The predicted octanol–water partition coefficient (Wildman–Crippen LogP) is -0.323. The van der Waals surface area contributed by atoms with Gasteiger partial charge in [-0.25, -0.2) is 0 Å². The summed E-state index contributed by atoms with van der Waals surface area (Å²) in [5.74, 6) is -0.942. The molecule has 1 unspecified atom stereocenters. The fraction of sp³-hybridized carbons (Fsp3) is 0.333. The molecule has 1 amide bonds. The van der Waals surface area contributed by atoms with E-state index in [-0.39, 0.29) is 6.29 Å².